The lowest BCUT2D eigenvalue weighted by atomic mass is 9.98. The summed E-state index contributed by atoms with van der Waals surface area (Å²) in [5.74, 6) is 0. The van der Waals surface area contributed by atoms with E-state index in [-0.39, 0.29) is 6.04 Å². The van der Waals surface area contributed by atoms with Crippen LogP contribution in [0.5, 0.6) is 0 Å². The van der Waals surface area contributed by atoms with Crippen LogP contribution in [0, 0.1) is 0 Å². The fourth-order valence-corrected chi connectivity index (χ4v) is 4.58. The Labute approximate surface area is 201 Å². The SMILES string of the molecule is CCCCN1CCCc2cc(CN(C(=S)Nc3cccc(C(F)(F)F)c3)C(C)CC)ccc21. The molecule has 33 heavy (non-hydrogen) atoms. The molecular formula is C26H34F3N3S. The molecule has 1 N–H and O–H groups in total. The van der Waals surface area contributed by atoms with E-state index in [1.54, 1.807) is 6.07 Å². The molecule has 0 saturated heterocycles. The van der Waals surface area contributed by atoms with Gasteiger partial charge in [0.15, 0.2) is 5.11 Å². The second-order valence-electron chi connectivity index (χ2n) is 8.80. The third kappa shape index (κ3) is 6.62. The van der Waals surface area contributed by atoms with Crippen molar-refractivity contribution in [2.24, 2.45) is 0 Å². The van der Waals surface area contributed by atoms with Crippen LogP contribution in [-0.4, -0.2) is 29.1 Å². The number of hydrogen-bond acceptors (Lipinski definition) is 2. The minimum atomic E-state index is -4.39. The summed E-state index contributed by atoms with van der Waals surface area (Å²) in [6.45, 7) is 9.20. The third-order valence-corrected chi connectivity index (χ3v) is 6.65. The first-order chi connectivity index (χ1) is 15.7. The van der Waals surface area contributed by atoms with Gasteiger partial charge < -0.3 is 15.1 Å². The number of thiocarbonyl (C=S) groups is 1. The van der Waals surface area contributed by atoms with Gasteiger partial charge in [-0.2, -0.15) is 13.2 Å². The quantitative estimate of drug-likeness (QED) is 0.403. The average molecular weight is 478 g/mol. The Hall–Kier alpha value is -2.28. The molecule has 180 valence electrons. The lowest BCUT2D eigenvalue weighted by molar-refractivity contribution is -0.137. The number of benzene rings is 2. The average Bonchev–Trinajstić information content (AvgIpc) is 2.80. The number of fused-ring (bicyclic) bond motifs is 1. The van der Waals surface area contributed by atoms with Gasteiger partial charge in [0.1, 0.15) is 0 Å². The minimum absolute atomic E-state index is 0.146. The van der Waals surface area contributed by atoms with Crippen molar-refractivity contribution in [3.8, 4) is 0 Å². The van der Waals surface area contributed by atoms with Crippen molar-refractivity contribution in [3.05, 3.63) is 59.2 Å². The van der Waals surface area contributed by atoms with E-state index < -0.39 is 11.7 Å². The van der Waals surface area contributed by atoms with Gasteiger partial charge in [-0.3, -0.25) is 0 Å². The van der Waals surface area contributed by atoms with Gasteiger partial charge in [-0.25, -0.2) is 0 Å². The Morgan fingerprint density at radius 2 is 1.97 bits per heavy atom. The van der Waals surface area contributed by atoms with Crippen molar-refractivity contribution < 1.29 is 13.2 Å². The summed E-state index contributed by atoms with van der Waals surface area (Å²) in [6, 6.07) is 12.0. The van der Waals surface area contributed by atoms with Crippen LogP contribution in [-0.2, 0) is 19.1 Å². The Morgan fingerprint density at radius 1 is 1.18 bits per heavy atom. The van der Waals surface area contributed by atoms with E-state index in [1.165, 1.54) is 35.7 Å². The van der Waals surface area contributed by atoms with Crippen molar-refractivity contribution >= 4 is 28.7 Å². The molecule has 1 aliphatic rings. The van der Waals surface area contributed by atoms with Gasteiger partial charge in [-0.05, 0) is 80.2 Å². The van der Waals surface area contributed by atoms with Crippen LogP contribution >= 0.6 is 12.2 Å². The summed E-state index contributed by atoms with van der Waals surface area (Å²) in [4.78, 5) is 4.55. The number of unbranched alkanes of at least 4 members (excludes halogenated alkanes) is 1. The summed E-state index contributed by atoms with van der Waals surface area (Å²) in [5.41, 5.74) is 3.53. The van der Waals surface area contributed by atoms with Crippen LogP contribution in [0.2, 0.25) is 0 Å². The maximum absolute atomic E-state index is 13.1. The number of rotatable bonds is 8. The largest absolute Gasteiger partial charge is 0.416 e. The second-order valence-corrected chi connectivity index (χ2v) is 9.19. The van der Waals surface area contributed by atoms with Crippen LogP contribution < -0.4 is 10.2 Å². The molecule has 0 saturated carbocycles. The van der Waals surface area contributed by atoms with Gasteiger partial charge in [0.05, 0.1) is 5.56 Å². The van der Waals surface area contributed by atoms with Gasteiger partial charge in [-0.1, -0.05) is 38.5 Å². The molecule has 0 bridgehead atoms. The number of nitrogens with one attached hydrogen (secondary N) is 1. The highest BCUT2D eigenvalue weighted by molar-refractivity contribution is 7.80. The van der Waals surface area contributed by atoms with E-state index in [0.29, 0.717) is 17.3 Å². The topological polar surface area (TPSA) is 18.5 Å². The van der Waals surface area contributed by atoms with Crippen molar-refractivity contribution in [1.82, 2.24) is 4.90 Å². The van der Waals surface area contributed by atoms with E-state index in [9.17, 15) is 13.2 Å². The molecule has 1 heterocycles. The van der Waals surface area contributed by atoms with Gasteiger partial charge in [-0.15, -0.1) is 0 Å². The van der Waals surface area contributed by atoms with E-state index in [1.807, 2.05) is 0 Å². The fourth-order valence-electron chi connectivity index (χ4n) is 4.22. The monoisotopic (exact) mass is 477 g/mol. The molecule has 0 radical (unpaired) electrons. The van der Waals surface area contributed by atoms with E-state index in [4.69, 9.17) is 12.2 Å². The number of hydrogen-bond donors (Lipinski definition) is 1. The van der Waals surface area contributed by atoms with Gasteiger partial charge in [0.2, 0.25) is 0 Å². The maximum Gasteiger partial charge on any atom is 0.416 e. The zero-order valence-corrected chi connectivity index (χ0v) is 20.5. The molecule has 0 amide bonds. The highest BCUT2D eigenvalue weighted by Gasteiger charge is 2.30. The first kappa shape index (κ1) is 25.3. The van der Waals surface area contributed by atoms with Crippen LogP contribution in [0.4, 0.5) is 24.5 Å². The Balaban J connectivity index is 1.77. The van der Waals surface area contributed by atoms with Crippen molar-refractivity contribution in [3.63, 3.8) is 0 Å². The van der Waals surface area contributed by atoms with Crippen molar-refractivity contribution in [1.29, 1.82) is 0 Å². The number of anilines is 2. The first-order valence-electron chi connectivity index (χ1n) is 11.8. The van der Waals surface area contributed by atoms with Crippen LogP contribution in [0.25, 0.3) is 0 Å². The van der Waals surface area contributed by atoms with Crippen molar-refractivity contribution in [2.75, 3.05) is 23.3 Å². The first-order valence-corrected chi connectivity index (χ1v) is 12.2. The van der Waals surface area contributed by atoms with Crippen LogP contribution in [0.15, 0.2) is 42.5 Å². The number of nitrogens with zero attached hydrogens (tertiary/aromatic N) is 2. The molecule has 0 fully saturated rings. The molecule has 1 atom stereocenters. The van der Waals surface area contributed by atoms with Crippen molar-refractivity contribution in [2.45, 2.75) is 71.6 Å². The Morgan fingerprint density at radius 3 is 2.67 bits per heavy atom. The number of aryl methyl sites for hydroxylation is 1. The maximum atomic E-state index is 13.1. The number of halogens is 3. The zero-order valence-electron chi connectivity index (χ0n) is 19.7. The van der Waals surface area contributed by atoms with E-state index in [2.05, 4.69) is 54.1 Å². The highest BCUT2D eigenvalue weighted by Crippen LogP contribution is 2.31. The van der Waals surface area contributed by atoms with E-state index in [0.717, 1.165) is 44.5 Å². The normalized spacial score (nSPS) is 14.5. The van der Waals surface area contributed by atoms with Crippen LogP contribution in [0.3, 0.4) is 0 Å². The van der Waals surface area contributed by atoms with Gasteiger partial charge in [0.25, 0.3) is 0 Å². The molecule has 2 aromatic rings. The molecule has 0 spiro atoms. The summed E-state index contributed by atoms with van der Waals surface area (Å²) in [6.07, 6.45) is 1.10. The summed E-state index contributed by atoms with van der Waals surface area (Å²) in [7, 11) is 0. The van der Waals surface area contributed by atoms with E-state index >= 15 is 0 Å². The molecule has 1 unspecified atom stereocenters. The Kier molecular flexibility index (Phi) is 8.63. The Bertz CT molecular complexity index is 945. The predicted molar refractivity (Wildman–Crippen MR) is 135 cm³/mol. The molecule has 3 nitrogen and oxygen atoms in total. The lowest BCUT2D eigenvalue weighted by Crippen LogP contribution is -2.40. The highest BCUT2D eigenvalue weighted by atomic mass is 32.1. The third-order valence-electron chi connectivity index (χ3n) is 6.32. The second kappa shape index (κ2) is 11.2. The molecule has 0 aliphatic carbocycles. The smallest absolute Gasteiger partial charge is 0.371 e. The predicted octanol–water partition coefficient (Wildman–Crippen LogP) is 7.26. The molecule has 0 aromatic heterocycles. The molecule has 1 aliphatic heterocycles. The molecule has 7 heteroatoms. The van der Waals surface area contributed by atoms with Gasteiger partial charge >= 0.3 is 6.18 Å². The number of alkyl halides is 3. The zero-order chi connectivity index (χ0) is 24.0. The summed E-state index contributed by atoms with van der Waals surface area (Å²) in [5, 5.41) is 3.47. The van der Waals surface area contributed by atoms with Crippen LogP contribution in [0.1, 0.15) is 63.1 Å². The molecule has 2 aromatic carbocycles. The van der Waals surface area contributed by atoms with Gasteiger partial charge in [0, 0.05) is 37.1 Å². The molecular weight excluding hydrogens is 443 g/mol. The minimum Gasteiger partial charge on any atom is -0.371 e. The summed E-state index contributed by atoms with van der Waals surface area (Å²) < 4.78 is 39.3. The lowest BCUT2D eigenvalue weighted by Gasteiger charge is -2.34. The summed E-state index contributed by atoms with van der Waals surface area (Å²) >= 11 is 5.65. The molecule has 3 rings (SSSR count). The fraction of sp³-hybridized carbons (Fsp3) is 0.500. The standard InChI is InChI=1S/C26H34F3N3S/c1-4-6-14-31-15-8-9-21-16-20(12-13-24(21)31)18-32(19(3)5-2)25(33)30-23-11-7-10-22(17-23)26(27,28)29/h7,10-13,16-17,19H,4-6,8-9,14-15,18H2,1-3H3,(H,30,33).